The lowest BCUT2D eigenvalue weighted by molar-refractivity contribution is -0.134. The fourth-order valence-electron chi connectivity index (χ4n) is 3.98. The van der Waals surface area contributed by atoms with Crippen LogP contribution < -0.4 is 20.1 Å². The molecule has 0 saturated carbocycles. The minimum Gasteiger partial charge on any atom is -0.493 e. The molecule has 0 unspecified atom stereocenters. The highest BCUT2D eigenvalue weighted by molar-refractivity contribution is 5.95. The van der Waals surface area contributed by atoms with Gasteiger partial charge in [0, 0.05) is 19.0 Å². The maximum absolute atomic E-state index is 12.6. The predicted molar refractivity (Wildman–Crippen MR) is 107 cm³/mol. The van der Waals surface area contributed by atoms with Gasteiger partial charge in [0.15, 0.2) is 11.5 Å². The van der Waals surface area contributed by atoms with Gasteiger partial charge in [-0.2, -0.15) is 0 Å². The van der Waals surface area contributed by atoms with Crippen molar-refractivity contribution in [2.75, 3.05) is 33.4 Å². The number of rotatable bonds is 7. The van der Waals surface area contributed by atoms with Crippen LogP contribution in [0, 0.1) is 11.3 Å². The zero-order valence-corrected chi connectivity index (χ0v) is 17.2. The number of para-hydroxylation sites is 2. The third kappa shape index (κ3) is 4.46. The summed E-state index contributed by atoms with van der Waals surface area (Å²) in [4.78, 5) is 39.0. The number of hydrogen-bond acceptors (Lipinski definition) is 5. The first-order valence-corrected chi connectivity index (χ1v) is 9.99. The molecular formula is C21H29N3O5. The van der Waals surface area contributed by atoms with E-state index in [1.807, 2.05) is 26.0 Å². The fraction of sp³-hybridized carbons (Fsp3) is 0.571. The molecule has 8 heteroatoms. The third-order valence-electron chi connectivity index (χ3n) is 5.59. The van der Waals surface area contributed by atoms with Gasteiger partial charge in [0.2, 0.25) is 17.7 Å². The molecule has 158 valence electrons. The van der Waals surface area contributed by atoms with E-state index in [9.17, 15) is 14.4 Å². The number of carbonyl (C=O) groups excluding carboxylic acids is 3. The third-order valence-corrected chi connectivity index (χ3v) is 5.59. The Bertz CT molecular complexity index is 781. The van der Waals surface area contributed by atoms with Gasteiger partial charge < -0.3 is 25.0 Å². The van der Waals surface area contributed by atoms with Gasteiger partial charge in [-0.3, -0.25) is 14.4 Å². The van der Waals surface area contributed by atoms with E-state index in [1.54, 1.807) is 24.1 Å². The van der Waals surface area contributed by atoms with Gasteiger partial charge >= 0.3 is 0 Å². The van der Waals surface area contributed by atoms with E-state index in [4.69, 9.17) is 9.47 Å². The Balaban J connectivity index is 1.48. The molecule has 1 aromatic carbocycles. The molecule has 8 nitrogen and oxygen atoms in total. The highest BCUT2D eigenvalue weighted by Gasteiger charge is 2.53. The lowest BCUT2D eigenvalue weighted by Crippen LogP contribution is -2.43. The number of ether oxygens (including phenoxy) is 2. The number of nitrogens with one attached hydrogen (secondary N) is 2. The van der Waals surface area contributed by atoms with Crippen LogP contribution in [0.1, 0.15) is 26.7 Å². The highest BCUT2D eigenvalue weighted by atomic mass is 16.5. The number of carbonyl (C=O) groups is 3. The first kappa shape index (κ1) is 21.0. The Morgan fingerprint density at radius 1 is 1.31 bits per heavy atom. The van der Waals surface area contributed by atoms with Crippen molar-refractivity contribution in [3.8, 4) is 11.5 Å². The summed E-state index contributed by atoms with van der Waals surface area (Å²) in [6, 6.07) is 6.72. The van der Waals surface area contributed by atoms with Crippen molar-refractivity contribution in [2.24, 2.45) is 11.3 Å². The normalized spacial score (nSPS) is 23.4. The van der Waals surface area contributed by atoms with Crippen LogP contribution in [0.15, 0.2) is 24.3 Å². The first-order valence-electron chi connectivity index (χ1n) is 9.99. The van der Waals surface area contributed by atoms with Crippen LogP contribution in [-0.4, -0.2) is 62.0 Å². The van der Waals surface area contributed by atoms with Crippen LogP contribution in [0.25, 0.3) is 0 Å². The molecule has 2 saturated heterocycles. The van der Waals surface area contributed by atoms with E-state index in [1.165, 1.54) is 0 Å². The van der Waals surface area contributed by atoms with Crippen LogP contribution in [-0.2, 0) is 14.4 Å². The van der Waals surface area contributed by atoms with E-state index in [2.05, 4.69) is 10.6 Å². The number of hydrogen-bond donors (Lipinski definition) is 2. The molecule has 0 radical (unpaired) electrons. The average Bonchev–Trinajstić information content (AvgIpc) is 3.29. The summed E-state index contributed by atoms with van der Waals surface area (Å²) in [6.07, 6.45) is 1.00. The maximum atomic E-state index is 12.6. The molecule has 2 N–H and O–H groups in total. The van der Waals surface area contributed by atoms with Crippen molar-refractivity contribution in [1.29, 1.82) is 0 Å². The van der Waals surface area contributed by atoms with Crippen molar-refractivity contribution in [3.05, 3.63) is 24.3 Å². The Kier molecular flexibility index (Phi) is 6.30. The molecule has 29 heavy (non-hydrogen) atoms. The van der Waals surface area contributed by atoms with Crippen molar-refractivity contribution in [1.82, 2.24) is 15.5 Å². The van der Waals surface area contributed by atoms with Crippen LogP contribution in [0.2, 0.25) is 0 Å². The van der Waals surface area contributed by atoms with Gasteiger partial charge in [-0.25, -0.2) is 0 Å². The Morgan fingerprint density at radius 3 is 2.72 bits per heavy atom. The Labute approximate surface area is 170 Å². The lowest BCUT2D eigenvalue weighted by Gasteiger charge is -2.22. The van der Waals surface area contributed by atoms with Gasteiger partial charge in [0.05, 0.1) is 19.1 Å². The molecule has 2 aliphatic heterocycles. The van der Waals surface area contributed by atoms with Crippen molar-refractivity contribution in [3.63, 3.8) is 0 Å². The van der Waals surface area contributed by atoms with E-state index < -0.39 is 11.5 Å². The second-order valence-corrected chi connectivity index (χ2v) is 7.97. The second-order valence-electron chi connectivity index (χ2n) is 7.97. The zero-order valence-electron chi connectivity index (χ0n) is 17.2. The monoisotopic (exact) mass is 403 g/mol. The maximum Gasteiger partial charge on any atom is 0.242 e. The summed E-state index contributed by atoms with van der Waals surface area (Å²) in [5, 5.41) is 5.61. The molecule has 2 atom stereocenters. The summed E-state index contributed by atoms with van der Waals surface area (Å²) < 4.78 is 10.9. The molecule has 0 aromatic heterocycles. The average molecular weight is 403 g/mol. The molecule has 3 amide bonds. The molecular weight excluding hydrogens is 374 g/mol. The largest absolute Gasteiger partial charge is 0.493 e. The first-order chi connectivity index (χ1) is 13.9. The number of likely N-dealkylation sites (tertiary alicyclic amines) is 1. The summed E-state index contributed by atoms with van der Waals surface area (Å²) in [6.45, 7) is 5.25. The second kappa shape index (κ2) is 8.71. The zero-order chi connectivity index (χ0) is 21.0. The van der Waals surface area contributed by atoms with Gasteiger partial charge in [-0.15, -0.1) is 0 Å². The molecule has 1 spiro atoms. The minimum absolute atomic E-state index is 0.0519. The van der Waals surface area contributed by atoms with Gasteiger partial charge in [0.25, 0.3) is 0 Å². The number of nitrogens with zero attached hydrogens (tertiary/aromatic N) is 1. The van der Waals surface area contributed by atoms with Crippen LogP contribution in [0.4, 0.5) is 0 Å². The van der Waals surface area contributed by atoms with Crippen LogP contribution in [0.3, 0.4) is 0 Å². The molecule has 2 aliphatic rings. The van der Waals surface area contributed by atoms with E-state index in [0.29, 0.717) is 44.0 Å². The van der Waals surface area contributed by atoms with Gasteiger partial charge in [0.1, 0.15) is 12.6 Å². The SMILES string of the molecule is COc1ccccc1OCCNC(=O)[C@@H]1C[C@]2(CCN(C(=O)C(C)C)C2)C(=O)N1. The summed E-state index contributed by atoms with van der Waals surface area (Å²) in [7, 11) is 1.57. The quantitative estimate of drug-likeness (QED) is 0.661. The fourth-order valence-corrected chi connectivity index (χ4v) is 3.98. The Morgan fingerprint density at radius 2 is 2.03 bits per heavy atom. The summed E-state index contributed by atoms with van der Waals surface area (Å²) >= 11 is 0. The standard InChI is InChI=1S/C21H29N3O5/c1-14(2)19(26)24-10-8-21(13-24)12-15(23-20(21)27)18(25)22-9-11-29-17-7-5-4-6-16(17)28-3/h4-7,14-15H,8-13H2,1-3H3,(H,22,25)(H,23,27)/t15-,21-/m0/s1. The summed E-state index contributed by atoms with van der Waals surface area (Å²) in [5.74, 6) is 0.825. The van der Waals surface area contributed by atoms with E-state index in [-0.39, 0.29) is 30.2 Å². The number of amides is 3. The molecule has 0 aliphatic carbocycles. The molecule has 0 bridgehead atoms. The Hall–Kier alpha value is -2.77. The lowest BCUT2D eigenvalue weighted by atomic mass is 9.84. The minimum atomic E-state index is -0.652. The van der Waals surface area contributed by atoms with E-state index in [0.717, 1.165) is 0 Å². The molecule has 2 heterocycles. The predicted octanol–water partition coefficient (Wildman–Crippen LogP) is 0.953. The highest BCUT2D eigenvalue weighted by Crippen LogP contribution is 2.40. The van der Waals surface area contributed by atoms with Crippen molar-refractivity contribution < 1.29 is 23.9 Å². The summed E-state index contributed by atoms with van der Waals surface area (Å²) in [5.41, 5.74) is -0.652. The van der Waals surface area contributed by atoms with Crippen molar-refractivity contribution >= 4 is 17.7 Å². The van der Waals surface area contributed by atoms with Gasteiger partial charge in [-0.1, -0.05) is 26.0 Å². The van der Waals surface area contributed by atoms with Crippen molar-refractivity contribution in [2.45, 2.75) is 32.7 Å². The number of benzene rings is 1. The van der Waals surface area contributed by atoms with E-state index >= 15 is 0 Å². The topological polar surface area (TPSA) is 97.0 Å². The van der Waals surface area contributed by atoms with Crippen LogP contribution >= 0.6 is 0 Å². The number of methoxy groups -OCH3 is 1. The molecule has 1 aromatic rings. The van der Waals surface area contributed by atoms with Crippen LogP contribution in [0.5, 0.6) is 11.5 Å². The molecule has 3 rings (SSSR count). The molecule has 2 fully saturated rings. The van der Waals surface area contributed by atoms with Gasteiger partial charge in [-0.05, 0) is 25.0 Å². The smallest absolute Gasteiger partial charge is 0.242 e.